The van der Waals surface area contributed by atoms with Crippen molar-refractivity contribution in [2.24, 2.45) is 5.92 Å². The van der Waals surface area contributed by atoms with Crippen LogP contribution in [0.2, 0.25) is 0 Å². The number of aromatic carboxylic acids is 1. The van der Waals surface area contributed by atoms with Gasteiger partial charge in [-0.05, 0) is 89.6 Å². The number of rotatable bonds is 47. The molecule has 392 valence electrons. The number of carboxylic acids is 2. The SMILES string of the molecule is CCC[C@H](NC)C(=O)CC[C@@H](CCCCNC(=O)COCCOCCNC(=O)COCCOCCCC(=O)CC[C@H](NC(=O)CCCCCCCCCOc1ccc(C(=O)O)cc1)C(=O)O)C(C)=O. The molecule has 3 atom stereocenters. The zero-order valence-corrected chi connectivity index (χ0v) is 41.5. The minimum atomic E-state index is -1.18. The highest BCUT2D eigenvalue weighted by molar-refractivity contribution is 5.88. The van der Waals surface area contributed by atoms with Gasteiger partial charge in [-0.2, -0.15) is 0 Å². The van der Waals surface area contributed by atoms with Crippen molar-refractivity contribution in [3.8, 4) is 5.75 Å². The maximum atomic E-state index is 12.4. The molecule has 0 bridgehead atoms. The molecule has 0 heterocycles. The largest absolute Gasteiger partial charge is 0.494 e. The maximum Gasteiger partial charge on any atom is 0.335 e. The summed E-state index contributed by atoms with van der Waals surface area (Å²) in [4.78, 5) is 95.9. The molecule has 0 aromatic heterocycles. The number of likely N-dealkylation sites (N-methyl/N-ethyl adjacent to an activating group) is 1. The summed E-state index contributed by atoms with van der Waals surface area (Å²) >= 11 is 0. The third kappa shape index (κ3) is 34.2. The molecule has 69 heavy (non-hydrogen) atoms. The third-order valence-electron chi connectivity index (χ3n) is 11.2. The van der Waals surface area contributed by atoms with Gasteiger partial charge in [0.15, 0.2) is 0 Å². The maximum absolute atomic E-state index is 12.4. The Kier molecular flexibility index (Phi) is 37.0. The highest BCUT2D eigenvalue weighted by Gasteiger charge is 2.22. The van der Waals surface area contributed by atoms with Gasteiger partial charge in [0.2, 0.25) is 17.7 Å². The molecule has 19 nitrogen and oxygen atoms in total. The number of unbranched alkanes of at least 4 members (excludes halogenated alkanes) is 7. The van der Waals surface area contributed by atoms with Crippen molar-refractivity contribution in [3.05, 3.63) is 29.8 Å². The number of carbonyl (C=O) groups excluding carboxylic acids is 6. The minimum Gasteiger partial charge on any atom is -0.494 e. The predicted molar refractivity (Wildman–Crippen MR) is 258 cm³/mol. The van der Waals surface area contributed by atoms with Crippen LogP contribution in [0.1, 0.15) is 146 Å². The van der Waals surface area contributed by atoms with Crippen LogP contribution in [0.25, 0.3) is 0 Å². The number of nitrogens with one attached hydrogen (secondary N) is 4. The van der Waals surface area contributed by atoms with E-state index in [1.165, 1.54) is 12.1 Å². The van der Waals surface area contributed by atoms with Gasteiger partial charge in [0.05, 0.1) is 51.2 Å². The van der Waals surface area contributed by atoms with Crippen molar-refractivity contribution >= 4 is 47.0 Å². The number of benzene rings is 1. The molecule has 0 spiro atoms. The van der Waals surface area contributed by atoms with Crippen LogP contribution in [0, 0.1) is 5.92 Å². The molecule has 0 radical (unpaired) electrons. The molecule has 1 aromatic carbocycles. The van der Waals surface area contributed by atoms with Crippen LogP contribution in [0.15, 0.2) is 24.3 Å². The van der Waals surface area contributed by atoms with Gasteiger partial charge in [-0.25, -0.2) is 9.59 Å². The number of Topliss-reactive ketones (excluding diaryl/α,β-unsaturated/α-hetero) is 3. The van der Waals surface area contributed by atoms with Gasteiger partial charge in [0, 0.05) is 51.3 Å². The Hall–Kier alpha value is -4.82. The molecule has 1 aromatic rings. The van der Waals surface area contributed by atoms with Crippen molar-refractivity contribution in [2.45, 2.75) is 148 Å². The molecule has 0 unspecified atom stereocenters. The van der Waals surface area contributed by atoms with Gasteiger partial charge in [-0.15, -0.1) is 0 Å². The van der Waals surface area contributed by atoms with E-state index in [9.17, 15) is 43.5 Å². The van der Waals surface area contributed by atoms with Crippen LogP contribution >= 0.6 is 0 Å². The first-order valence-electron chi connectivity index (χ1n) is 24.8. The summed E-state index contributed by atoms with van der Waals surface area (Å²) in [5, 5.41) is 29.6. The lowest BCUT2D eigenvalue weighted by Crippen LogP contribution is -2.41. The Morgan fingerprint density at radius 3 is 1.77 bits per heavy atom. The first-order chi connectivity index (χ1) is 33.3. The Morgan fingerprint density at radius 2 is 1.16 bits per heavy atom. The van der Waals surface area contributed by atoms with Crippen molar-refractivity contribution in [3.63, 3.8) is 0 Å². The fourth-order valence-corrected chi connectivity index (χ4v) is 7.16. The predicted octanol–water partition coefficient (Wildman–Crippen LogP) is 5.00. The zero-order chi connectivity index (χ0) is 50.9. The molecule has 0 saturated heterocycles. The summed E-state index contributed by atoms with van der Waals surface area (Å²) in [7, 11) is 1.78. The summed E-state index contributed by atoms with van der Waals surface area (Å²) in [5.41, 5.74) is 0.215. The Morgan fingerprint density at radius 1 is 0.551 bits per heavy atom. The highest BCUT2D eigenvalue weighted by atomic mass is 16.5. The average molecular weight is 979 g/mol. The van der Waals surface area contributed by atoms with Crippen LogP contribution < -0.4 is 26.0 Å². The monoisotopic (exact) mass is 979 g/mol. The number of hydrogen-bond donors (Lipinski definition) is 6. The highest BCUT2D eigenvalue weighted by Crippen LogP contribution is 2.18. The van der Waals surface area contributed by atoms with Crippen molar-refractivity contribution in [1.82, 2.24) is 21.3 Å². The molecule has 19 heteroatoms. The van der Waals surface area contributed by atoms with Crippen LogP contribution in [0.5, 0.6) is 5.75 Å². The first-order valence-corrected chi connectivity index (χ1v) is 24.8. The van der Waals surface area contributed by atoms with Gasteiger partial charge in [-0.3, -0.25) is 28.8 Å². The van der Waals surface area contributed by atoms with Crippen molar-refractivity contribution in [2.75, 3.05) is 79.6 Å². The number of ketones is 3. The van der Waals surface area contributed by atoms with E-state index >= 15 is 0 Å². The molecular weight excluding hydrogens is 897 g/mol. The zero-order valence-electron chi connectivity index (χ0n) is 41.5. The van der Waals surface area contributed by atoms with Gasteiger partial charge in [-0.1, -0.05) is 51.9 Å². The number of amides is 3. The second-order valence-electron chi connectivity index (χ2n) is 17.0. The van der Waals surface area contributed by atoms with Crippen LogP contribution in [0.3, 0.4) is 0 Å². The number of carbonyl (C=O) groups is 8. The summed E-state index contributed by atoms with van der Waals surface area (Å²) < 4.78 is 27.2. The Labute approximate surface area is 408 Å². The summed E-state index contributed by atoms with van der Waals surface area (Å²) in [5.74, 6) is -2.50. The molecule has 1 rings (SSSR count). The van der Waals surface area contributed by atoms with E-state index in [1.807, 2.05) is 6.92 Å². The average Bonchev–Trinajstić information content (AvgIpc) is 3.32. The fourth-order valence-electron chi connectivity index (χ4n) is 7.16. The molecule has 0 fully saturated rings. The van der Waals surface area contributed by atoms with E-state index in [4.69, 9.17) is 28.8 Å². The normalized spacial score (nSPS) is 12.4. The third-order valence-corrected chi connectivity index (χ3v) is 11.2. The van der Waals surface area contributed by atoms with E-state index in [-0.39, 0.29) is 131 Å². The van der Waals surface area contributed by atoms with E-state index in [0.29, 0.717) is 64.0 Å². The lowest BCUT2D eigenvalue weighted by atomic mass is 9.90. The standard InChI is InChI=1S/C50H82N4O15/c1-4-15-43(51-3)45(57)26-21-39(38(2)55)16-11-12-27-52-47(59)36-68-35-33-66-31-28-53-48(60)37-67-34-32-65-29-14-17-41(56)22-25-44(50(63)64)54-46(58)18-10-8-6-5-7-9-13-30-69-42-23-19-40(20-24-42)49(61)62/h19-20,23-24,39,43-44,51H,4-18,21-22,25-37H2,1-3H3,(H,52,59)(H,53,60)(H,54,58)(H,61,62)(H,63,64)/t39-,43+,44+/m1/s1. The van der Waals surface area contributed by atoms with Crippen molar-refractivity contribution < 1.29 is 72.3 Å². The quantitative estimate of drug-likeness (QED) is 0.0470. The van der Waals surface area contributed by atoms with E-state index in [0.717, 1.165) is 57.8 Å². The molecule has 0 aliphatic carbocycles. The van der Waals surface area contributed by atoms with Crippen LogP contribution in [-0.4, -0.2) is 149 Å². The van der Waals surface area contributed by atoms with Crippen molar-refractivity contribution in [1.29, 1.82) is 0 Å². The molecule has 6 N–H and O–H groups in total. The summed E-state index contributed by atoms with van der Waals surface area (Å²) in [6.45, 7) is 6.00. The van der Waals surface area contributed by atoms with Gasteiger partial charge < -0.3 is 55.2 Å². The molecule has 0 aliphatic rings. The van der Waals surface area contributed by atoms with Gasteiger partial charge in [0.25, 0.3) is 0 Å². The smallest absolute Gasteiger partial charge is 0.335 e. The second kappa shape index (κ2) is 41.0. The van der Waals surface area contributed by atoms with E-state index in [2.05, 4.69) is 21.3 Å². The molecule has 0 aliphatic heterocycles. The topological polar surface area (TPSA) is 271 Å². The van der Waals surface area contributed by atoms with Crippen LogP contribution in [0.4, 0.5) is 0 Å². The lowest BCUT2D eigenvalue weighted by Gasteiger charge is -2.17. The summed E-state index contributed by atoms with van der Waals surface area (Å²) in [6.07, 6.45) is 12.0. The number of aliphatic carboxylic acids is 1. The number of carboxylic acid groups (broad SMARTS) is 2. The molecular formula is C50H82N4O15. The second-order valence-corrected chi connectivity index (χ2v) is 17.0. The van der Waals surface area contributed by atoms with Crippen LogP contribution in [-0.2, 0) is 52.5 Å². The number of ether oxygens (including phenoxy) is 5. The summed E-state index contributed by atoms with van der Waals surface area (Å²) in [6, 6.07) is 5.01. The first kappa shape index (κ1) is 62.2. The van der Waals surface area contributed by atoms with Gasteiger partial charge in [0.1, 0.15) is 42.4 Å². The van der Waals surface area contributed by atoms with E-state index in [1.54, 1.807) is 26.1 Å². The molecule has 0 saturated carbocycles. The lowest BCUT2D eigenvalue weighted by molar-refractivity contribution is -0.142. The minimum absolute atomic E-state index is 0.00775. The van der Waals surface area contributed by atoms with E-state index < -0.39 is 18.0 Å². The fraction of sp³-hybridized carbons (Fsp3) is 0.720. The van der Waals surface area contributed by atoms with Gasteiger partial charge >= 0.3 is 11.9 Å². The Bertz CT molecular complexity index is 1630. The number of hydrogen-bond acceptors (Lipinski definition) is 14. The molecule has 3 amide bonds. The Balaban J connectivity index is 1.96.